The van der Waals surface area contributed by atoms with Crippen LogP contribution in [0, 0.1) is 5.92 Å². The van der Waals surface area contributed by atoms with E-state index in [1.54, 1.807) is 34.6 Å². The molecule has 3 atom stereocenters. The molecule has 1 rings (SSSR count). The number of carbonyl (C=O) groups is 2. The molecule has 21 heavy (non-hydrogen) atoms. The number of hydrogen-bond acceptors (Lipinski definition) is 5. The minimum absolute atomic E-state index is 0.270. The van der Waals surface area contributed by atoms with Gasteiger partial charge in [-0.2, -0.15) is 0 Å². The fourth-order valence-corrected chi connectivity index (χ4v) is 2.51. The highest BCUT2D eigenvalue weighted by molar-refractivity contribution is 5.75. The summed E-state index contributed by atoms with van der Waals surface area (Å²) in [5, 5.41) is 12.9. The third-order valence-corrected chi connectivity index (χ3v) is 3.43. The van der Waals surface area contributed by atoms with Crippen LogP contribution in [0.4, 0.5) is 4.79 Å². The van der Waals surface area contributed by atoms with Crippen molar-refractivity contribution < 1.29 is 24.2 Å². The first-order valence-corrected chi connectivity index (χ1v) is 7.42. The summed E-state index contributed by atoms with van der Waals surface area (Å²) in [5.41, 5.74) is -1.51. The zero-order chi connectivity index (χ0) is 16.3. The number of alkyl carbamates (subject to hydrolysis) is 1. The molecule has 1 aliphatic carbocycles. The normalized spacial score (nSPS) is 29.6. The van der Waals surface area contributed by atoms with Crippen LogP contribution < -0.4 is 5.32 Å². The van der Waals surface area contributed by atoms with Crippen LogP contribution in [0.3, 0.4) is 0 Å². The van der Waals surface area contributed by atoms with Gasteiger partial charge in [0.2, 0.25) is 0 Å². The van der Waals surface area contributed by atoms with Crippen LogP contribution in [-0.2, 0) is 14.3 Å². The van der Waals surface area contributed by atoms with E-state index in [1.165, 1.54) is 0 Å². The van der Waals surface area contributed by atoms with Crippen LogP contribution in [0.5, 0.6) is 0 Å². The summed E-state index contributed by atoms with van der Waals surface area (Å²) in [6, 6.07) is -0.376. The number of aliphatic hydroxyl groups is 1. The average molecular weight is 301 g/mol. The van der Waals surface area contributed by atoms with E-state index in [1.807, 2.05) is 0 Å². The summed E-state index contributed by atoms with van der Waals surface area (Å²) >= 11 is 0. The number of carbonyl (C=O) groups excluding carboxylic acids is 2. The van der Waals surface area contributed by atoms with Crippen molar-refractivity contribution >= 4 is 12.1 Å². The summed E-state index contributed by atoms with van der Waals surface area (Å²) in [6.45, 7) is 9.04. The van der Waals surface area contributed by atoms with Gasteiger partial charge < -0.3 is 19.9 Å². The Balaban J connectivity index is 2.73. The predicted octanol–water partition coefficient (Wildman–Crippen LogP) is 1.99. The molecule has 0 radical (unpaired) electrons. The second-order valence-corrected chi connectivity index (χ2v) is 6.85. The van der Waals surface area contributed by atoms with Crippen LogP contribution in [0.15, 0.2) is 0 Å². The summed E-state index contributed by atoms with van der Waals surface area (Å²) in [5.74, 6) is -0.945. The molecule has 6 nitrogen and oxygen atoms in total. The van der Waals surface area contributed by atoms with Gasteiger partial charge in [0, 0.05) is 6.04 Å². The maximum absolute atomic E-state index is 12.0. The second-order valence-electron chi connectivity index (χ2n) is 6.85. The van der Waals surface area contributed by atoms with Crippen molar-refractivity contribution in [2.24, 2.45) is 5.92 Å². The molecule has 1 fully saturated rings. The van der Waals surface area contributed by atoms with Gasteiger partial charge in [-0.15, -0.1) is 0 Å². The lowest BCUT2D eigenvalue weighted by Crippen LogP contribution is -2.52. The SMILES string of the molecule is CCOC(=O)[C@H]1C[C@](C)(O)CC[C@@H]1NC(=O)OC(C)(C)C. The first-order valence-electron chi connectivity index (χ1n) is 7.42. The average Bonchev–Trinajstić information content (AvgIpc) is 2.29. The predicted molar refractivity (Wildman–Crippen MR) is 77.8 cm³/mol. The Labute approximate surface area is 126 Å². The number of amides is 1. The molecule has 1 aliphatic rings. The zero-order valence-electron chi connectivity index (χ0n) is 13.6. The minimum atomic E-state index is -0.913. The standard InChI is InChI=1S/C15H27NO5/c1-6-20-12(17)10-9-15(5,19)8-7-11(10)16-13(18)21-14(2,3)4/h10-11,19H,6-9H2,1-5H3,(H,16,18)/t10-,11-,15+/m0/s1. The van der Waals surface area contributed by atoms with Gasteiger partial charge in [-0.1, -0.05) is 0 Å². The third-order valence-electron chi connectivity index (χ3n) is 3.43. The Morgan fingerprint density at radius 2 is 2.00 bits per heavy atom. The van der Waals surface area contributed by atoms with Crippen molar-refractivity contribution in [3.05, 3.63) is 0 Å². The largest absolute Gasteiger partial charge is 0.466 e. The van der Waals surface area contributed by atoms with Gasteiger partial charge in [0.25, 0.3) is 0 Å². The number of esters is 1. The van der Waals surface area contributed by atoms with E-state index in [0.717, 1.165) is 0 Å². The van der Waals surface area contributed by atoms with Crippen molar-refractivity contribution in [3.63, 3.8) is 0 Å². The van der Waals surface area contributed by atoms with Crippen LogP contribution in [0.1, 0.15) is 53.9 Å². The molecule has 0 bridgehead atoms. The van der Waals surface area contributed by atoms with E-state index < -0.39 is 29.2 Å². The Kier molecular flexibility index (Phi) is 5.61. The Morgan fingerprint density at radius 1 is 1.38 bits per heavy atom. The Hall–Kier alpha value is -1.30. The summed E-state index contributed by atoms with van der Waals surface area (Å²) in [4.78, 5) is 23.9. The van der Waals surface area contributed by atoms with E-state index in [9.17, 15) is 14.7 Å². The third kappa shape index (κ3) is 5.91. The van der Waals surface area contributed by atoms with Gasteiger partial charge in [0.05, 0.1) is 18.1 Å². The topological polar surface area (TPSA) is 84.9 Å². The van der Waals surface area contributed by atoms with Crippen LogP contribution in [0.25, 0.3) is 0 Å². The highest BCUT2D eigenvalue weighted by Gasteiger charge is 2.42. The van der Waals surface area contributed by atoms with E-state index in [2.05, 4.69) is 5.32 Å². The molecule has 0 heterocycles. The lowest BCUT2D eigenvalue weighted by molar-refractivity contribution is -0.154. The molecule has 6 heteroatoms. The van der Waals surface area contributed by atoms with Crippen molar-refractivity contribution in [1.29, 1.82) is 0 Å². The van der Waals surface area contributed by atoms with Gasteiger partial charge in [-0.25, -0.2) is 4.79 Å². The molecule has 122 valence electrons. The smallest absolute Gasteiger partial charge is 0.407 e. The van der Waals surface area contributed by atoms with E-state index in [-0.39, 0.29) is 19.1 Å². The monoisotopic (exact) mass is 301 g/mol. The maximum atomic E-state index is 12.0. The van der Waals surface area contributed by atoms with Crippen LogP contribution in [0.2, 0.25) is 0 Å². The molecule has 1 amide bonds. The number of hydrogen-bond donors (Lipinski definition) is 2. The summed E-state index contributed by atoms with van der Waals surface area (Å²) < 4.78 is 10.3. The summed E-state index contributed by atoms with van der Waals surface area (Å²) in [6.07, 6.45) is 0.745. The number of rotatable bonds is 3. The lowest BCUT2D eigenvalue weighted by atomic mass is 9.76. The first kappa shape index (κ1) is 17.8. The highest BCUT2D eigenvalue weighted by atomic mass is 16.6. The fourth-order valence-electron chi connectivity index (χ4n) is 2.51. The van der Waals surface area contributed by atoms with Crippen LogP contribution in [-0.4, -0.2) is 41.0 Å². The Bertz CT molecular complexity index is 386. The van der Waals surface area contributed by atoms with E-state index in [0.29, 0.717) is 12.8 Å². The second kappa shape index (κ2) is 6.64. The molecular formula is C15H27NO5. The number of nitrogens with one attached hydrogen (secondary N) is 1. The van der Waals surface area contributed by atoms with E-state index in [4.69, 9.17) is 9.47 Å². The van der Waals surface area contributed by atoms with Crippen molar-refractivity contribution in [2.45, 2.75) is 71.1 Å². The molecule has 0 aliphatic heterocycles. The van der Waals surface area contributed by atoms with Gasteiger partial charge in [0.15, 0.2) is 0 Å². The maximum Gasteiger partial charge on any atom is 0.407 e. The molecule has 0 aromatic rings. The minimum Gasteiger partial charge on any atom is -0.466 e. The van der Waals surface area contributed by atoms with Crippen LogP contribution >= 0.6 is 0 Å². The molecule has 2 N–H and O–H groups in total. The van der Waals surface area contributed by atoms with E-state index >= 15 is 0 Å². The first-order chi connectivity index (χ1) is 9.54. The van der Waals surface area contributed by atoms with Gasteiger partial charge in [-0.05, 0) is 53.9 Å². The van der Waals surface area contributed by atoms with Crippen molar-refractivity contribution in [2.75, 3.05) is 6.61 Å². The Morgan fingerprint density at radius 3 is 2.52 bits per heavy atom. The summed E-state index contributed by atoms with van der Waals surface area (Å²) in [7, 11) is 0. The molecule has 0 aromatic carbocycles. The van der Waals surface area contributed by atoms with Crippen molar-refractivity contribution in [3.8, 4) is 0 Å². The molecule has 1 saturated carbocycles. The van der Waals surface area contributed by atoms with Crippen molar-refractivity contribution in [1.82, 2.24) is 5.32 Å². The number of ether oxygens (including phenoxy) is 2. The van der Waals surface area contributed by atoms with Gasteiger partial charge >= 0.3 is 12.1 Å². The highest BCUT2D eigenvalue weighted by Crippen LogP contribution is 2.33. The molecular weight excluding hydrogens is 274 g/mol. The quantitative estimate of drug-likeness (QED) is 0.779. The molecule has 0 unspecified atom stereocenters. The lowest BCUT2D eigenvalue weighted by Gasteiger charge is -2.38. The molecule has 0 aromatic heterocycles. The van der Waals surface area contributed by atoms with Gasteiger partial charge in [-0.3, -0.25) is 4.79 Å². The van der Waals surface area contributed by atoms with Gasteiger partial charge in [0.1, 0.15) is 5.60 Å². The zero-order valence-corrected chi connectivity index (χ0v) is 13.6. The fraction of sp³-hybridized carbons (Fsp3) is 0.867. The molecule has 0 spiro atoms. The molecule has 0 saturated heterocycles.